The van der Waals surface area contributed by atoms with Crippen LogP contribution in [0.25, 0.3) is 0 Å². The minimum absolute atomic E-state index is 0.124. The molecule has 1 aromatic carbocycles. The van der Waals surface area contributed by atoms with Crippen LogP contribution in [0.2, 0.25) is 5.02 Å². The molecule has 0 aromatic heterocycles. The monoisotopic (exact) mass is 377 g/mol. The number of likely N-dealkylation sites (tertiary alicyclic amines) is 1. The van der Waals surface area contributed by atoms with Crippen molar-refractivity contribution in [2.45, 2.75) is 39.4 Å². The SMILES string of the molecule is CCCOc1c(Cl)cc(C(=O)N2CC[C@H](OC(F)F)C2)cc1OCC. The van der Waals surface area contributed by atoms with E-state index in [0.717, 1.165) is 6.42 Å². The molecule has 1 atom stereocenters. The number of hydrogen-bond acceptors (Lipinski definition) is 4. The summed E-state index contributed by atoms with van der Waals surface area (Å²) in [5.41, 5.74) is 0.329. The minimum Gasteiger partial charge on any atom is -0.490 e. The lowest BCUT2D eigenvalue weighted by Gasteiger charge is -2.19. The van der Waals surface area contributed by atoms with Gasteiger partial charge in [0.15, 0.2) is 11.5 Å². The third-order valence-corrected chi connectivity index (χ3v) is 4.02. The van der Waals surface area contributed by atoms with Gasteiger partial charge in [-0.25, -0.2) is 0 Å². The van der Waals surface area contributed by atoms with Crippen molar-refractivity contribution in [3.63, 3.8) is 0 Å². The zero-order chi connectivity index (χ0) is 18.4. The number of nitrogens with zero attached hydrogens (tertiary/aromatic N) is 1. The molecule has 0 radical (unpaired) electrons. The van der Waals surface area contributed by atoms with Crippen molar-refractivity contribution in [2.75, 3.05) is 26.3 Å². The highest BCUT2D eigenvalue weighted by Gasteiger charge is 2.30. The Morgan fingerprint density at radius 3 is 2.76 bits per heavy atom. The van der Waals surface area contributed by atoms with Crippen LogP contribution in [0.1, 0.15) is 37.0 Å². The van der Waals surface area contributed by atoms with Crippen molar-refractivity contribution >= 4 is 17.5 Å². The van der Waals surface area contributed by atoms with Crippen LogP contribution >= 0.6 is 11.6 Å². The van der Waals surface area contributed by atoms with E-state index in [1.807, 2.05) is 13.8 Å². The van der Waals surface area contributed by atoms with Gasteiger partial charge in [-0.1, -0.05) is 18.5 Å². The Bertz CT molecular complexity index is 600. The first-order valence-electron chi connectivity index (χ1n) is 8.28. The van der Waals surface area contributed by atoms with E-state index in [2.05, 4.69) is 4.74 Å². The molecule has 25 heavy (non-hydrogen) atoms. The van der Waals surface area contributed by atoms with Gasteiger partial charge in [-0.3, -0.25) is 4.79 Å². The third-order valence-electron chi connectivity index (χ3n) is 3.73. The largest absolute Gasteiger partial charge is 0.490 e. The van der Waals surface area contributed by atoms with E-state index >= 15 is 0 Å². The van der Waals surface area contributed by atoms with Crippen LogP contribution in [0.4, 0.5) is 8.78 Å². The molecule has 5 nitrogen and oxygen atoms in total. The highest BCUT2D eigenvalue weighted by molar-refractivity contribution is 6.32. The van der Waals surface area contributed by atoms with E-state index in [-0.39, 0.29) is 17.5 Å². The van der Waals surface area contributed by atoms with Crippen LogP contribution in [0.5, 0.6) is 11.5 Å². The number of rotatable bonds is 8. The first kappa shape index (κ1) is 19.7. The fourth-order valence-electron chi connectivity index (χ4n) is 2.65. The first-order chi connectivity index (χ1) is 12.0. The summed E-state index contributed by atoms with van der Waals surface area (Å²) < 4.78 is 40.2. The van der Waals surface area contributed by atoms with Crippen molar-refractivity contribution in [3.8, 4) is 11.5 Å². The summed E-state index contributed by atoms with van der Waals surface area (Å²) >= 11 is 6.25. The molecular formula is C17H22ClF2NO4. The fourth-order valence-corrected chi connectivity index (χ4v) is 2.92. The Morgan fingerprint density at radius 1 is 1.36 bits per heavy atom. The Labute approximate surface area is 150 Å². The molecule has 1 saturated heterocycles. The molecule has 1 aliphatic rings. The molecule has 1 aliphatic heterocycles. The van der Waals surface area contributed by atoms with E-state index in [4.69, 9.17) is 21.1 Å². The molecule has 140 valence electrons. The molecule has 1 aromatic rings. The van der Waals surface area contributed by atoms with E-state index in [0.29, 0.717) is 43.2 Å². The van der Waals surface area contributed by atoms with Gasteiger partial charge in [-0.05, 0) is 31.9 Å². The predicted molar refractivity (Wildman–Crippen MR) is 89.8 cm³/mol. The van der Waals surface area contributed by atoms with Gasteiger partial charge in [-0.15, -0.1) is 0 Å². The molecule has 8 heteroatoms. The Balaban J connectivity index is 2.17. The molecule has 0 aliphatic carbocycles. The smallest absolute Gasteiger partial charge is 0.345 e. The molecule has 0 spiro atoms. The number of benzene rings is 1. The maximum atomic E-state index is 12.6. The number of halogens is 3. The summed E-state index contributed by atoms with van der Waals surface area (Å²) in [6.07, 6.45) is 0.528. The lowest BCUT2D eigenvalue weighted by atomic mass is 10.1. The number of amides is 1. The normalized spacial score (nSPS) is 17.2. The standard InChI is InChI=1S/C17H22ClF2NO4/c1-3-7-24-15-13(18)8-11(9-14(15)23-4-2)16(22)21-6-5-12(10-21)25-17(19)20/h8-9,12,17H,3-7,10H2,1-2H3/t12-/m0/s1. The lowest BCUT2D eigenvalue weighted by Crippen LogP contribution is -2.30. The van der Waals surface area contributed by atoms with Gasteiger partial charge in [0.2, 0.25) is 0 Å². The molecule has 1 fully saturated rings. The average molecular weight is 378 g/mol. The van der Waals surface area contributed by atoms with E-state index in [1.165, 1.54) is 11.0 Å². The highest BCUT2D eigenvalue weighted by atomic mass is 35.5. The fraction of sp³-hybridized carbons (Fsp3) is 0.588. The number of alkyl halides is 2. The topological polar surface area (TPSA) is 48.0 Å². The van der Waals surface area contributed by atoms with Crippen molar-refractivity contribution in [1.82, 2.24) is 4.90 Å². The summed E-state index contributed by atoms with van der Waals surface area (Å²) in [6, 6.07) is 3.09. The zero-order valence-electron chi connectivity index (χ0n) is 14.3. The van der Waals surface area contributed by atoms with Crippen LogP contribution in [0.15, 0.2) is 12.1 Å². The Morgan fingerprint density at radius 2 is 2.12 bits per heavy atom. The number of carbonyl (C=O) groups excluding carboxylic acids is 1. The van der Waals surface area contributed by atoms with E-state index < -0.39 is 12.7 Å². The van der Waals surface area contributed by atoms with Gasteiger partial charge in [0, 0.05) is 18.7 Å². The average Bonchev–Trinajstić information content (AvgIpc) is 3.01. The molecule has 1 heterocycles. The van der Waals surface area contributed by atoms with Crippen molar-refractivity contribution in [1.29, 1.82) is 0 Å². The maximum absolute atomic E-state index is 12.6. The zero-order valence-corrected chi connectivity index (χ0v) is 15.0. The van der Waals surface area contributed by atoms with Crippen LogP contribution < -0.4 is 9.47 Å². The number of ether oxygens (including phenoxy) is 3. The van der Waals surface area contributed by atoms with E-state index in [1.54, 1.807) is 6.07 Å². The third kappa shape index (κ3) is 5.19. The van der Waals surface area contributed by atoms with Crippen molar-refractivity contribution < 1.29 is 27.8 Å². The van der Waals surface area contributed by atoms with Crippen LogP contribution in [-0.4, -0.2) is 49.8 Å². The molecule has 0 saturated carbocycles. The maximum Gasteiger partial charge on any atom is 0.345 e. The van der Waals surface area contributed by atoms with Gasteiger partial charge >= 0.3 is 6.61 Å². The quantitative estimate of drug-likeness (QED) is 0.687. The van der Waals surface area contributed by atoms with Gasteiger partial charge in [0.1, 0.15) is 0 Å². The second kappa shape index (κ2) is 9.20. The summed E-state index contributed by atoms with van der Waals surface area (Å²) in [7, 11) is 0. The second-order valence-electron chi connectivity index (χ2n) is 5.63. The van der Waals surface area contributed by atoms with Crippen molar-refractivity contribution in [3.05, 3.63) is 22.7 Å². The summed E-state index contributed by atoms with van der Waals surface area (Å²) in [4.78, 5) is 14.1. The van der Waals surface area contributed by atoms with Crippen molar-refractivity contribution in [2.24, 2.45) is 0 Å². The predicted octanol–water partition coefficient (Wildman–Crippen LogP) is 3.98. The molecule has 2 rings (SSSR count). The summed E-state index contributed by atoms with van der Waals surface area (Å²) in [6.45, 7) is 2.30. The van der Waals surface area contributed by atoms with Crippen LogP contribution in [-0.2, 0) is 4.74 Å². The minimum atomic E-state index is -2.84. The molecule has 0 N–H and O–H groups in total. The van der Waals surface area contributed by atoms with Gasteiger partial charge in [-0.2, -0.15) is 8.78 Å². The molecule has 0 bridgehead atoms. The molecule has 0 unspecified atom stereocenters. The van der Waals surface area contributed by atoms with Crippen LogP contribution in [0.3, 0.4) is 0 Å². The lowest BCUT2D eigenvalue weighted by molar-refractivity contribution is -0.158. The van der Waals surface area contributed by atoms with Gasteiger partial charge < -0.3 is 19.1 Å². The first-order valence-corrected chi connectivity index (χ1v) is 8.66. The summed E-state index contributed by atoms with van der Waals surface area (Å²) in [5, 5.41) is 0.280. The Kier molecular flexibility index (Phi) is 7.25. The molecular weight excluding hydrogens is 356 g/mol. The summed E-state index contributed by atoms with van der Waals surface area (Å²) in [5.74, 6) is 0.499. The second-order valence-corrected chi connectivity index (χ2v) is 6.03. The number of hydrogen-bond donors (Lipinski definition) is 0. The van der Waals surface area contributed by atoms with Gasteiger partial charge in [0.05, 0.1) is 24.3 Å². The highest BCUT2D eigenvalue weighted by Crippen LogP contribution is 2.37. The van der Waals surface area contributed by atoms with Crippen LogP contribution in [0, 0.1) is 0 Å². The Hall–Kier alpha value is -1.60. The number of carbonyl (C=O) groups is 1. The van der Waals surface area contributed by atoms with Gasteiger partial charge in [0.25, 0.3) is 5.91 Å². The molecule has 1 amide bonds. The van der Waals surface area contributed by atoms with E-state index in [9.17, 15) is 13.6 Å².